The molecule has 2 aromatic carbocycles. The van der Waals surface area contributed by atoms with Crippen molar-refractivity contribution in [2.24, 2.45) is 0 Å². The lowest BCUT2D eigenvalue weighted by molar-refractivity contribution is 0.360. The third-order valence-electron chi connectivity index (χ3n) is 4.09. The first-order chi connectivity index (χ1) is 13.5. The van der Waals surface area contributed by atoms with Crippen LogP contribution >= 0.6 is 0 Å². The zero-order valence-corrected chi connectivity index (χ0v) is 15.4. The van der Waals surface area contributed by atoms with E-state index in [2.05, 4.69) is 15.6 Å². The number of nitrogens with two attached hydrogens (primary N) is 1. The lowest BCUT2D eigenvalue weighted by Gasteiger charge is -2.14. The summed E-state index contributed by atoms with van der Waals surface area (Å²) in [4.78, 5) is 4.30. The molecule has 0 aliphatic carbocycles. The highest BCUT2D eigenvalue weighted by Gasteiger charge is 2.19. The number of ether oxygens (including phenoxy) is 2. The summed E-state index contributed by atoms with van der Waals surface area (Å²) in [6.07, 6.45) is 1.60. The Morgan fingerprint density at radius 3 is 2.25 bits per heavy atom. The Kier molecular flexibility index (Phi) is 5.78. The van der Waals surface area contributed by atoms with Crippen molar-refractivity contribution in [1.29, 1.82) is 0 Å². The molecule has 0 aliphatic rings. The number of anilines is 4. The number of para-hydroxylation sites is 2. The number of benzene rings is 2. The molecular weight excluding hydrogens is 366 g/mol. The molecule has 0 amide bonds. The summed E-state index contributed by atoms with van der Waals surface area (Å²) < 4.78 is 38.6. The zero-order valence-electron chi connectivity index (χ0n) is 15.4. The maximum Gasteiger partial charge on any atom is 0.191 e. The molecule has 0 saturated carbocycles. The molecule has 4 N–H and O–H groups in total. The van der Waals surface area contributed by atoms with Crippen molar-refractivity contribution in [3.05, 3.63) is 65.9 Å². The molecule has 1 aromatic heterocycles. The Bertz CT molecular complexity index is 937. The van der Waals surface area contributed by atoms with Crippen LogP contribution in [-0.2, 0) is 6.54 Å². The van der Waals surface area contributed by atoms with Gasteiger partial charge in [-0.25, -0.2) is 13.8 Å². The number of pyridine rings is 1. The topological polar surface area (TPSA) is 81.4 Å². The van der Waals surface area contributed by atoms with Gasteiger partial charge in [0.25, 0.3) is 0 Å². The molecule has 3 rings (SSSR count). The van der Waals surface area contributed by atoms with Gasteiger partial charge < -0.3 is 25.8 Å². The monoisotopic (exact) mass is 386 g/mol. The maximum atomic E-state index is 14.4. The molecule has 0 bridgehead atoms. The first kappa shape index (κ1) is 19.2. The van der Waals surface area contributed by atoms with Gasteiger partial charge in [-0.05, 0) is 23.8 Å². The van der Waals surface area contributed by atoms with Crippen molar-refractivity contribution in [3.8, 4) is 11.5 Å². The van der Waals surface area contributed by atoms with Crippen LogP contribution in [0.4, 0.5) is 31.7 Å². The highest BCUT2D eigenvalue weighted by Crippen LogP contribution is 2.35. The molecule has 0 fully saturated rings. The van der Waals surface area contributed by atoms with Crippen molar-refractivity contribution in [2.45, 2.75) is 6.54 Å². The van der Waals surface area contributed by atoms with E-state index >= 15 is 0 Å². The van der Waals surface area contributed by atoms with Gasteiger partial charge in [-0.15, -0.1) is 0 Å². The Morgan fingerprint density at radius 2 is 1.68 bits per heavy atom. The molecule has 146 valence electrons. The first-order valence-corrected chi connectivity index (χ1v) is 8.43. The van der Waals surface area contributed by atoms with Crippen LogP contribution in [0, 0.1) is 11.6 Å². The summed E-state index contributed by atoms with van der Waals surface area (Å²) in [5.74, 6) is -1.28. The van der Waals surface area contributed by atoms with E-state index in [1.54, 1.807) is 24.4 Å². The van der Waals surface area contributed by atoms with E-state index in [-0.39, 0.29) is 23.7 Å². The molecule has 3 aromatic rings. The van der Waals surface area contributed by atoms with Gasteiger partial charge in [0.2, 0.25) is 0 Å². The number of rotatable bonds is 7. The molecule has 0 unspecified atom stereocenters. The van der Waals surface area contributed by atoms with Gasteiger partial charge in [0.1, 0.15) is 11.5 Å². The average Bonchev–Trinajstić information content (AvgIpc) is 2.71. The molecule has 8 heteroatoms. The minimum Gasteiger partial charge on any atom is -0.493 e. The van der Waals surface area contributed by atoms with E-state index in [9.17, 15) is 8.78 Å². The Hall–Kier alpha value is -3.55. The summed E-state index contributed by atoms with van der Waals surface area (Å²) in [5, 5.41) is 5.85. The predicted molar refractivity (Wildman–Crippen MR) is 105 cm³/mol. The van der Waals surface area contributed by atoms with E-state index in [0.29, 0.717) is 11.5 Å². The minimum atomic E-state index is -0.827. The fraction of sp³-hybridized carbons (Fsp3) is 0.150. The summed E-state index contributed by atoms with van der Waals surface area (Å²) in [6, 6.07) is 12.0. The molecular formula is C20H20F2N4O2. The molecule has 1 heterocycles. The third kappa shape index (κ3) is 4.06. The summed E-state index contributed by atoms with van der Waals surface area (Å²) in [6.45, 7) is 0.158. The maximum absolute atomic E-state index is 14.4. The van der Waals surface area contributed by atoms with Gasteiger partial charge in [-0.1, -0.05) is 18.2 Å². The standard InChI is InChI=1S/C20H20F2N4O2/c1-27-15-9-16(28-2)19(22)20(18(15)21)25-11-12-7-8-17(24-10-12)26-14-6-4-3-5-13(14)23/h3-10,25H,11,23H2,1-2H3,(H,24,26). The average molecular weight is 386 g/mol. The smallest absolute Gasteiger partial charge is 0.191 e. The summed E-state index contributed by atoms with van der Waals surface area (Å²) >= 11 is 0. The van der Waals surface area contributed by atoms with Crippen LogP contribution in [-0.4, -0.2) is 19.2 Å². The number of halogens is 2. The van der Waals surface area contributed by atoms with Gasteiger partial charge in [0, 0.05) is 18.8 Å². The van der Waals surface area contributed by atoms with E-state index in [4.69, 9.17) is 15.2 Å². The number of hydrogen-bond acceptors (Lipinski definition) is 6. The molecule has 0 atom stereocenters. The Labute approximate surface area is 161 Å². The van der Waals surface area contributed by atoms with E-state index in [1.807, 2.05) is 18.2 Å². The lowest BCUT2D eigenvalue weighted by atomic mass is 10.2. The van der Waals surface area contributed by atoms with Crippen LogP contribution in [0.15, 0.2) is 48.7 Å². The van der Waals surface area contributed by atoms with Crippen LogP contribution in [0.3, 0.4) is 0 Å². The second kappa shape index (κ2) is 8.43. The van der Waals surface area contributed by atoms with Crippen molar-refractivity contribution < 1.29 is 18.3 Å². The minimum absolute atomic E-state index is 0.112. The van der Waals surface area contributed by atoms with Gasteiger partial charge in [0.15, 0.2) is 23.1 Å². The number of aromatic nitrogens is 1. The Morgan fingerprint density at radius 1 is 1.00 bits per heavy atom. The molecule has 0 spiro atoms. The van der Waals surface area contributed by atoms with E-state index in [0.717, 1.165) is 17.3 Å². The molecule has 6 nitrogen and oxygen atoms in total. The largest absolute Gasteiger partial charge is 0.493 e. The normalized spacial score (nSPS) is 10.4. The molecule has 0 radical (unpaired) electrons. The number of nitrogens with zero attached hydrogens (tertiary/aromatic N) is 1. The second-order valence-electron chi connectivity index (χ2n) is 5.90. The number of nitrogens with one attached hydrogen (secondary N) is 2. The SMILES string of the molecule is COc1cc(OC)c(F)c(NCc2ccc(Nc3ccccc3N)nc2)c1F. The number of nitrogen functional groups attached to an aromatic ring is 1. The molecule has 0 aliphatic heterocycles. The van der Waals surface area contributed by atoms with Crippen LogP contribution in [0.25, 0.3) is 0 Å². The van der Waals surface area contributed by atoms with Gasteiger partial charge >= 0.3 is 0 Å². The van der Waals surface area contributed by atoms with Crippen molar-refractivity contribution in [2.75, 3.05) is 30.6 Å². The van der Waals surface area contributed by atoms with Crippen LogP contribution < -0.4 is 25.8 Å². The van der Waals surface area contributed by atoms with Gasteiger partial charge in [-0.2, -0.15) is 0 Å². The lowest BCUT2D eigenvalue weighted by Crippen LogP contribution is -2.07. The van der Waals surface area contributed by atoms with Gasteiger partial charge in [-0.3, -0.25) is 0 Å². The van der Waals surface area contributed by atoms with E-state index < -0.39 is 11.6 Å². The Balaban J connectivity index is 1.73. The second-order valence-corrected chi connectivity index (χ2v) is 5.90. The quantitative estimate of drug-likeness (QED) is 0.525. The molecule has 28 heavy (non-hydrogen) atoms. The zero-order chi connectivity index (χ0) is 20.1. The van der Waals surface area contributed by atoms with Crippen LogP contribution in [0.5, 0.6) is 11.5 Å². The van der Waals surface area contributed by atoms with Crippen molar-refractivity contribution in [1.82, 2.24) is 4.98 Å². The fourth-order valence-corrected chi connectivity index (χ4v) is 2.58. The van der Waals surface area contributed by atoms with Crippen molar-refractivity contribution in [3.63, 3.8) is 0 Å². The summed E-state index contributed by atoms with van der Waals surface area (Å²) in [7, 11) is 2.60. The third-order valence-corrected chi connectivity index (χ3v) is 4.09. The fourth-order valence-electron chi connectivity index (χ4n) is 2.58. The van der Waals surface area contributed by atoms with Crippen molar-refractivity contribution >= 4 is 22.9 Å². The van der Waals surface area contributed by atoms with Crippen LogP contribution in [0.1, 0.15) is 5.56 Å². The first-order valence-electron chi connectivity index (χ1n) is 8.43. The summed E-state index contributed by atoms with van der Waals surface area (Å²) in [5.41, 5.74) is 7.65. The van der Waals surface area contributed by atoms with Crippen LogP contribution in [0.2, 0.25) is 0 Å². The number of hydrogen-bond donors (Lipinski definition) is 3. The van der Waals surface area contributed by atoms with E-state index in [1.165, 1.54) is 14.2 Å². The predicted octanol–water partition coefficient (Wildman–Crippen LogP) is 4.31. The molecule has 0 saturated heterocycles. The highest BCUT2D eigenvalue weighted by atomic mass is 19.1. The van der Waals surface area contributed by atoms with Gasteiger partial charge in [0.05, 0.1) is 25.6 Å². The number of methoxy groups -OCH3 is 2. The highest BCUT2D eigenvalue weighted by molar-refractivity contribution is 5.70.